The van der Waals surface area contributed by atoms with Gasteiger partial charge in [0.1, 0.15) is 10.8 Å². The molecule has 7 heteroatoms. The number of benzene rings is 1. The van der Waals surface area contributed by atoms with Gasteiger partial charge in [0.25, 0.3) is 5.91 Å². The molecule has 0 fully saturated rings. The standard InChI is InChI=1S/C22H21N3O3S/c1-4-19-22(27)25(13(2)14(3)26)18-11-15(8-9-20(18)28-19)17-12-29-21(24-17)16-7-5-6-10-23-16/h5-13,19H,4H2,1-3H3. The lowest BCUT2D eigenvalue weighted by molar-refractivity contribution is -0.129. The van der Waals surface area contributed by atoms with Gasteiger partial charge in [-0.25, -0.2) is 4.98 Å². The van der Waals surface area contributed by atoms with Crippen LogP contribution in [0.15, 0.2) is 48.0 Å². The molecule has 0 N–H and O–H groups in total. The molecule has 1 aliphatic heterocycles. The Morgan fingerprint density at radius 2 is 2.10 bits per heavy atom. The maximum atomic E-state index is 12.9. The first-order valence-corrected chi connectivity index (χ1v) is 10.4. The summed E-state index contributed by atoms with van der Waals surface area (Å²) in [5.41, 5.74) is 3.07. The van der Waals surface area contributed by atoms with Gasteiger partial charge in [-0.15, -0.1) is 11.3 Å². The number of ether oxygens (including phenoxy) is 1. The molecule has 0 radical (unpaired) electrons. The molecular formula is C22H21N3O3S. The van der Waals surface area contributed by atoms with E-state index in [0.717, 1.165) is 22.0 Å². The molecule has 148 valence electrons. The van der Waals surface area contributed by atoms with Crippen LogP contribution in [0, 0.1) is 0 Å². The van der Waals surface area contributed by atoms with Gasteiger partial charge in [0.2, 0.25) is 0 Å². The van der Waals surface area contributed by atoms with Crippen molar-refractivity contribution < 1.29 is 14.3 Å². The van der Waals surface area contributed by atoms with Gasteiger partial charge in [-0.1, -0.05) is 13.0 Å². The fraction of sp³-hybridized carbons (Fsp3) is 0.273. The third kappa shape index (κ3) is 3.53. The van der Waals surface area contributed by atoms with E-state index in [1.54, 1.807) is 18.0 Å². The molecule has 0 saturated heterocycles. The van der Waals surface area contributed by atoms with Crippen LogP contribution < -0.4 is 9.64 Å². The second kappa shape index (κ2) is 7.75. The zero-order valence-electron chi connectivity index (χ0n) is 16.5. The Labute approximate surface area is 173 Å². The second-order valence-electron chi connectivity index (χ2n) is 6.94. The molecule has 2 unspecified atom stereocenters. The fourth-order valence-electron chi connectivity index (χ4n) is 3.29. The zero-order valence-corrected chi connectivity index (χ0v) is 17.3. The van der Waals surface area contributed by atoms with Crippen LogP contribution in [0.4, 0.5) is 5.69 Å². The molecule has 2 aromatic heterocycles. The number of carbonyl (C=O) groups is 2. The Bertz CT molecular complexity index is 1060. The Morgan fingerprint density at radius 3 is 2.79 bits per heavy atom. The summed E-state index contributed by atoms with van der Waals surface area (Å²) in [7, 11) is 0. The highest BCUT2D eigenvalue weighted by atomic mass is 32.1. The minimum Gasteiger partial charge on any atom is -0.478 e. The minimum absolute atomic E-state index is 0.0717. The molecule has 4 rings (SSSR count). The Morgan fingerprint density at radius 1 is 1.28 bits per heavy atom. The molecule has 6 nitrogen and oxygen atoms in total. The van der Waals surface area contributed by atoms with E-state index in [4.69, 9.17) is 9.72 Å². The van der Waals surface area contributed by atoms with Crippen molar-refractivity contribution in [3.05, 3.63) is 48.0 Å². The number of ketones is 1. The van der Waals surface area contributed by atoms with Crippen molar-refractivity contribution in [1.82, 2.24) is 9.97 Å². The number of aromatic nitrogens is 2. The van der Waals surface area contributed by atoms with Crippen LogP contribution >= 0.6 is 11.3 Å². The predicted molar refractivity (Wildman–Crippen MR) is 113 cm³/mol. The quantitative estimate of drug-likeness (QED) is 0.629. The number of anilines is 1. The van der Waals surface area contributed by atoms with Gasteiger partial charge in [0.15, 0.2) is 11.9 Å². The highest BCUT2D eigenvalue weighted by Crippen LogP contribution is 2.40. The summed E-state index contributed by atoms with van der Waals surface area (Å²) in [6, 6.07) is 10.8. The van der Waals surface area contributed by atoms with E-state index in [2.05, 4.69) is 4.98 Å². The van der Waals surface area contributed by atoms with Crippen molar-refractivity contribution in [2.24, 2.45) is 0 Å². The van der Waals surface area contributed by atoms with Gasteiger partial charge in [-0.05, 0) is 50.6 Å². The highest BCUT2D eigenvalue weighted by Gasteiger charge is 2.37. The van der Waals surface area contributed by atoms with Crippen LogP contribution in [-0.4, -0.2) is 33.8 Å². The first-order chi connectivity index (χ1) is 14.0. The van der Waals surface area contributed by atoms with Gasteiger partial charge in [0, 0.05) is 17.1 Å². The third-order valence-corrected chi connectivity index (χ3v) is 5.90. The van der Waals surface area contributed by atoms with Gasteiger partial charge in [-0.3, -0.25) is 19.5 Å². The van der Waals surface area contributed by atoms with Crippen molar-refractivity contribution in [2.45, 2.75) is 39.3 Å². The van der Waals surface area contributed by atoms with Crippen molar-refractivity contribution in [3.8, 4) is 27.7 Å². The smallest absolute Gasteiger partial charge is 0.268 e. The van der Waals surface area contributed by atoms with Crippen molar-refractivity contribution >= 4 is 28.7 Å². The Hall–Kier alpha value is -3.06. The number of carbonyl (C=O) groups excluding carboxylic acids is 2. The molecular weight excluding hydrogens is 386 g/mol. The molecule has 0 spiro atoms. The van der Waals surface area contributed by atoms with E-state index in [0.29, 0.717) is 17.9 Å². The van der Waals surface area contributed by atoms with E-state index < -0.39 is 12.1 Å². The van der Waals surface area contributed by atoms with Gasteiger partial charge in [0.05, 0.1) is 23.1 Å². The van der Waals surface area contributed by atoms with E-state index in [-0.39, 0.29) is 11.7 Å². The lowest BCUT2D eigenvalue weighted by atomic mass is 10.0. The average Bonchev–Trinajstić information content (AvgIpc) is 3.23. The summed E-state index contributed by atoms with van der Waals surface area (Å²) in [6.07, 6.45) is 1.70. The van der Waals surface area contributed by atoms with E-state index >= 15 is 0 Å². The summed E-state index contributed by atoms with van der Waals surface area (Å²) < 4.78 is 5.89. The molecule has 1 aromatic carbocycles. The summed E-state index contributed by atoms with van der Waals surface area (Å²) >= 11 is 1.51. The monoisotopic (exact) mass is 407 g/mol. The number of hydrogen-bond acceptors (Lipinski definition) is 6. The number of rotatable bonds is 5. The lowest BCUT2D eigenvalue weighted by Gasteiger charge is -2.37. The number of hydrogen-bond donors (Lipinski definition) is 0. The summed E-state index contributed by atoms with van der Waals surface area (Å²) in [5.74, 6) is 0.346. The molecule has 3 aromatic rings. The Balaban J connectivity index is 1.75. The van der Waals surface area contributed by atoms with Crippen LogP contribution in [0.1, 0.15) is 27.2 Å². The van der Waals surface area contributed by atoms with Crippen LogP contribution in [0.5, 0.6) is 5.75 Å². The first kappa shape index (κ1) is 19.3. The molecule has 0 bridgehead atoms. The molecule has 3 heterocycles. The molecule has 2 atom stereocenters. The summed E-state index contributed by atoms with van der Waals surface area (Å²) in [5, 5.41) is 2.79. The maximum Gasteiger partial charge on any atom is 0.268 e. The maximum absolute atomic E-state index is 12.9. The number of thiazole rings is 1. The minimum atomic E-state index is -0.579. The molecule has 1 aliphatic rings. The molecule has 1 amide bonds. The van der Waals surface area contributed by atoms with Crippen molar-refractivity contribution in [3.63, 3.8) is 0 Å². The van der Waals surface area contributed by atoms with Gasteiger partial charge < -0.3 is 4.74 Å². The first-order valence-electron chi connectivity index (χ1n) is 9.51. The number of nitrogens with zero attached hydrogens (tertiary/aromatic N) is 3. The predicted octanol–water partition coefficient (Wildman–Crippen LogP) is 4.35. The second-order valence-corrected chi connectivity index (χ2v) is 7.80. The number of Topliss-reactive ketones (excluding diaryl/α,β-unsaturated/α-hetero) is 1. The largest absolute Gasteiger partial charge is 0.478 e. The third-order valence-electron chi connectivity index (χ3n) is 5.03. The zero-order chi connectivity index (χ0) is 20.5. The number of fused-ring (bicyclic) bond motifs is 1. The van der Waals surface area contributed by atoms with Crippen molar-refractivity contribution in [1.29, 1.82) is 0 Å². The lowest BCUT2D eigenvalue weighted by Crippen LogP contribution is -2.51. The summed E-state index contributed by atoms with van der Waals surface area (Å²) in [4.78, 5) is 35.6. The molecule has 0 saturated carbocycles. The fourth-order valence-corrected chi connectivity index (χ4v) is 4.10. The number of amides is 1. The van der Waals surface area contributed by atoms with Crippen LogP contribution in [0.2, 0.25) is 0 Å². The van der Waals surface area contributed by atoms with E-state index in [1.807, 2.05) is 48.7 Å². The topological polar surface area (TPSA) is 72.4 Å². The van der Waals surface area contributed by atoms with Gasteiger partial charge in [-0.2, -0.15) is 0 Å². The van der Waals surface area contributed by atoms with Crippen molar-refractivity contribution in [2.75, 3.05) is 4.90 Å². The van der Waals surface area contributed by atoms with Crippen LogP contribution in [-0.2, 0) is 9.59 Å². The van der Waals surface area contributed by atoms with Crippen LogP contribution in [0.25, 0.3) is 22.0 Å². The number of pyridine rings is 1. The van der Waals surface area contributed by atoms with Gasteiger partial charge >= 0.3 is 0 Å². The SMILES string of the molecule is CCC1Oc2ccc(-c3csc(-c4ccccn4)n3)cc2N(C(C)C(C)=O)C1=O. The Kier molecular flexibility index (Phi) is 5.15. The summed E-state index contributed by atoms with van der Waals surface area (Å²) in [6.45, 7) is 5.14. The highest BCUT2D eigenvalue weighted by molar-refractivity contribution is 7.13. The van der Waals surface area contributed by atoms with E-state index in [1.165, 1.54) is 18.3 Å². The molecule has 29 heavy (non-hydrogen) atoms. The average molecular weight is 407 g/mol. The normalized spacial score (nSPS) is 16.9. The molecule has 0 aliphatic carbocycles. The van der Waals surface area contributed by atoms with Crippen LogP contribution in [0.3, 0.4) is 0 Å². The van der Waals surface area contributed by atoms with E-state index in [9.17, 15) is 9.59 Å².